The molecule has 5 heteroatoms. The Hall–Kier alpha value is -0.420. The van der Waals surface area contributed by atoms with Gasteiger partial charge in [-0.15, -0.1) is 0 Å². The summed E-state index contributed by atoms with van der Waals surface area (Å²) in [6, 6.07) is 1.69. The van der Waals surface area contributed by atoms with Gasteiger partial charge < -0.3 is 15.5 Å². The lowest BCUT2D eigenvalue weighted by Crippen LogP contribution is -2.51. The monoisotopic (exact) mass is 325 g/mol. The number of nitrogens with one attached hydrogen (secondary N) is 2. The highest BCUT2D eigenvalue weighted by molar-refractivity contribution is 7.99. The van der Waals surface area contributed by atoms with Gasteiger partial charge in [0, 0.05) is 36.5 Å². The van der Waals surface area contributed by atoms with Gasteiger partial charge in [-0.3, -0.25) is 0 Å². The number of carbonyl (C=O) groups excluding carboxylic acids is 1. The number of urea groups is 1. The summed E-state index contributed by atoms with van der Waals surface area (Å²) >= 11 is 2.05. The van der Waals surface area contributed by atoms with E-state index >= 15 is 0 Å². The van der Waals surface area contributed by atoms with Gasteiger partial charge in [-0.2, -0.15) is 11.8 Å². The normalized spacial score (nSPS) is 31.0. The first-order valence-corrected chi connectivity index (χ1v) is 10.2. The lowest BCUT2D eigenvalue weighted by Gasteiger charge is -2.33. The molecule has 3 aliphatic rings. The summed E-state index contributed by atoms with van der Waals surface area (Å²) in [4.78, 5) is 14.8. The highest BCUT2D eigenvalue weighted by atomic mass is 32.2. The quantitative estimate of drug-likeness (QED) is 0.817. The molecule has 22 heavy (non-hydrogen) atoms. The number of hydrogen-bond donors (Lipinski definition) is 2. The van der Waals surface area contributed by atoms with Gasteiger partial charge in [0.05, 0.1) is 0 Å². The fraction of sp³-hybridized carbons (Fsp3) is 0.941. The van der Waals surface area contributed by atoms with E-state index in [-0.39, 0.29) is 6.03 Å². The number of hydrogen-bond acceptors (Lipinski definition) is 3. The number of amides is 2. The van der Waals surface area contributed by atoms with E-state index < -0.39 is 0 Å². The molecule has 3 rings (SSSR count). The highest BCUT2D eigenvalue weighted by Crippen LogP contribution is 2.30. The van der Waals surface area contributed by atoms with Crippen LogP contribution >= 0.6 is 11.8 Å². The second kappa shape index (κ2) is 7.91. The second-order valence-electron chi connectivity index (χ2n) is 7.10. The Kier molecular flexibility index (Phi) is 5.91. The number of nitrogens with zero attached hydrogens (tertiary/aromatic N) is 1. The average Bonchev–Trinajstić information content (AvgIpc) is 3.33. The minimum atomic E-state index is 0.0667. The van der Waals surface area contributed by atoms with E-state index in [1.807, 2.05) is 0 Å². The Morgan fingerprint density at radius 2 is 1.77 bits per heavy atom. The van der Waals surface area contributed by atoms with Crippen molar-refractivity contribution in [1.29, 1.82) is 0 Å². The van der Waals surface area contributed by atoms with Crippen LogP contribution in [-0.4, -0.2) is 53.1 Å². The number of rotatable bonds is 5. The molecule has 0 spiro atoms. The van der Waals surface area contributed by atoms with Gasteiger partial charge in [-0.25, -0.2) is 4.79 Å². The van der Waals surface area contributed by atoms with E-state index in [9.17, 15) is 4.79 Å². The first-order chi connectivity index (χ1) is 10.7. The second-order valence-corrected chi connectivity index (χ2v) is 8.68. The zero-order valence-electron chi connectivity index (χ0n) is 13.9. The summed E-state index contributed by atoms with van der Waals surface area (Å²) in [5, 5.41) is 7.17. The smallest absolute Gasteiger partial charge is 0.315 e. The van der Waals surface area contributed by atoms with Crippen molar-refractivity contribution in [2.24, 2.45) is 0 Å². The van der Waals surface area contributed by atoms with Gasteiger partial charge >= 0.3 is 6.03 Å². The molecule has 2 aliphatic carbocycles. The van der Waals surface area contributed by atoms with Crippen LogP contribution in [0, 0.1) is 0 Å². The third-order valence-corrected chi connectivity index (χ3v) is 6.52. The minimum Gasteiger partial charge on any atom is -0.335 e. The fourth-order valence-corrected chi connectivity index (χ4v) is 5.10. The van der Waals surface area contributed by atoms with Crippen LogP contribution < -0.4 is 10.6 Å². The molecule has 2 atom stereocenters. The molecule has 0 aromatic rings. The molecule has 1 heterocycles. The van der Waals surface area contributed by atoms with E-state index in [2.05, 4.69) is 34.2 Å². The van der Waals surface area contributed by atoms with Gasteiger partial charge in [0.2, 0.25) is 0 Å². The number of carbonyl (C=O) groups is 1. The molecule has 2 saturated carbocycles. The van der Waals surface area contributed by atoms with Gasteiger partial charge in [-0.05, 0) is 50.7 Å². The maximum atomic E-state index is 12.2. The standard InChI is InChI=1S/C17H31N3OS/c1-2-22-16-5-3-4-14(12-16)19-17(21)18-13-8-10-20(11-9-13)15-6-7-15/h13-16H,2-12H2,1H3,(H2,18,19,21)/t14-,16-/m1/s1. The Bertz CT molecular complexity index is 365. The first kappa shape index (κ1) is 16.4. The highest BCUT2D eigenvalue weighted by Gasteiger charge is 2.32. The van der Waals surface area contributed by atoms with Crippen molar-refractivity contribution in [3.8, 4) is 0 Å². The SMILES string of the molecule is CCS[C@@H]1CCC[C@@H](NC(=O)NC2CCN(C3CC3)CC2)C1. The molecule has 0 radical (unpaired) electrons. The van der Waals surface area contributed by atoms with Crippen LogP contribution in [0.4, 0.5) is 4.79 Å². The number of likely N-dealkylation sites (tertiary alicyclic amines) is 1. The molecule has 0 aromatic heterocycles. The largest absolute Gasteiger partial charge is 0.335 e. The average molecular weight is 326 g/mol. The minimum absolute atomic E-state index is 0.0667. The topological polar surface area (TPSA) is 44.4 Å². The zero-order valence-corrected chi connectivity index (χ0v) is 14.7. The molecule has 3 fully saturated rings. The van der Waals surface area contributed by atoms with Crippen molar-refractivity contribution < 1.29 is 4.79 Å². The molecule has 0 bridgehead atoms. The van der Waals surface area contributed by atoms with E-state index in [0.29, 0.717) is 12.1 Å². The van der Waals surface area contributed by atoms with Crippen LogP contribution in [0.3, 0.4) is 0 Å². The summed E-state index contributed by atoms with van der Waals surface area (Å²) in [5.74, 6) is 1.18. The lowest BCUT2D eigenvalue weighted by molar-refractivity contribution is 0.184. The summed E-state index contributed by atoms with van der Waals surface area (Å²) < 4.78 is 0. The van der Waals surface area contributed by atoms with Crippen LogP contribution in [0.1, 0.15) is 58.3 Å². The van der Waals surface area contributed by atoms with Crippen molar-refractivity contribution in [3.63, 3.8) is 0 Å². The summed E-state index contributed by atoms with van der Waals surface area (Å²) in [5.41, 5.74) is 0. The third kappa shape index (κ3) is 4.79. The summed E-state index contributed by atoms with van der Waals surface area (Å²) in [6.45, 7) is 4.55. The molecular formula is C17H31N3OS. The molecule has 2 amide bonds. The van der Waals surface area contributed by atoms with E-state index in [4.69, 9.17) is 0 Å². The molecule has 0 aromatic carbocycles. The van der Waals surface area contributed by atoms with Crippen LogP contribution in [0.25, 0.3) is 0 Å². The molecule has 1 saturated heterocycles. The molecule has 1 aliphatic heterocycles. The molecule has 126 valence electrons. The van der Waals surface area contributed by atoms with Crippen molar-refractivity contribution in [2.75, 3.05) is 18.8 Å². The Balaban J connectivity index is 1.35. The number of thioether (sulfide) groups is 1. The lowest BCUT2D eigenvalue weighted by atomic mass is 9.95. The van der Waals surface area contributed by atoms with Gasteiger partial charge in [0.25, 0.3) is 0 Å². The first-order valence-electron chi connectivity index (χ1n) is 9.17. The van der Waals surface area contributed by atoms with Gasteiger partial charge in [0.1, 0.15) is 0 Å². The van der Waals surface area contributed by atoms with Crippen molar-refractivity contribution >= 4 is 17.8 Å². The van der Waals surface area contributed by atoms with Crippen molar-refractivity contribution in [2.45, 2.75) is 81.7 Å². The Morgan fingerprint density at radius 1 is 1.05 bits per heavy atom. The van der Waals surface area contributed by atoms with Crippen molar-refractivity contribution in [3.05, 3.63) is 0 Å². The molecule has 2 N–H and O–H groups in total. The predicted octanol–water partition coefficient (Wildman–Crippen LogP) is 2.98. The van der Waals surface area contributed by atoms with Crippen molar-refractivity contribution in [1.82, 2.24) is 15.5 Å². The molecule has 0 unspecified atom stereocenters. The van der Waals surface area contributed by atoms with Crippen LogP contribution in [0.2, 0.25) is 0 Å². The van der Waals surface area contributed by atoms with Crippen LogP contribution in [0.5, 0.6) is 0 Å². The van der Waals surface area contributed by atoms with Crippen LogP contribution in [-0.2, 0) is 0 Å². The zero-order chi connectivity index (χ0) is 15.4. The fourth-order valence-electron chi connectivity index (χ4n) is 3.92. The molecular weight excluding hydrogens is 294 g/mol. The summed E-state index contributed by atoms with van der Waals surface area (Å²) in [7, 11) is 0. The maximum Gasteiger partial charge on any atom is 0.315 e. The van der Waals surface area contributed by atoms with Gasteiger partial charge in [-0.1, -0.05) is 13.3 Å². The van der Waals surface area contributed by atoms with E-state index in [0.717, 1.165) is 50.1 Å². The van der Waals surface area contributed by atoms with E-state index in [1.165, 1.54) is 31.4 Å². The number of piperidine rings is 1. The van der Waals surface area contributed by atoms with Crippen LogP contribution in [0.15, 0.2) is 0 Å². The van der Waals surface area contributed by atoms with Gasteiger partial charge in [0.15, 0.2) is 0 Å². The predicted molar refractivity (Wildman–Crippen MR) is 93.5 cm³/mol. The van der Waals surface area contributed by atoms with E-state index in [1.54, 1.807) is 0 Å². The molecule has 4 nitrogen and oxygen atoms in total. The third-order valence-electron chi connectivity index (χ3n) is 5.29. The summed E-state index contributed by atoms with van der Waals surface area (Å²) in [6.07, 6.45) is 9.86. The maximum absolute atomic E-state index is 12.2. The Labute approximate surface area is 139 Å². The Morgan fingerprint density at radius 3 is 2.45 bits per heavy atom.